The summed E-state index contributed by atoms with van der Waals surface area (Å²) in [7, 11) is 0. The van der Waals surface area contributed by atoms with Crippen LogP contribution in [0.2, 0.25) is 0 Å². The summed E-state index contributed by atoms with van der Waals surface area (Å²) < 4.78 is 0. The Bertz CT molecular complexity index is 328. The van der Waals surface area contributed by atoms with E-state index in [1.54, 1.807) is 17.3 Å². The van der Waals surface area contributed by atoms with E-state index in [4.69, 9.17) is 5.11 Å². The van der Waals surface area contributed by atoms with E-state index >= 15 is 0 Å². The highest BCUT2D eigenvalue weighted by atomic mass is 16.3. The summed E-state index contributed by atoms with van der Waals surface area (Å²) in [5.74, 6) is 0.0709. The first kappa shape index (κ1) is 9.08. The van der Waals surface area contributed by atoms with Crippen LogP contribution in [0, 0.1) is 5.92 Å². The number of nitrogens with zero attached hydrogens (tertiary/aromatic N) is 3. The minimum Gasteiger partial charge on any atom is -0.396 e. The van der Waals surface area contributed by atoms with E-state index < -0.39 is 0 Å². The number of hydrogen-bond acceptors (Lipinski definition) is 4. The van der Waals surface area contributed by atoms with Gasteiger partial charge >= 0.3 is 0 Å². The number of carbonyl (C=O) groups is 1. The van der Waals surface area contributed by atoms with Crippen molar-refractivity contribution < 1.29 is 9.90 Å². The molecule has 1 amide bonds. The van der Waals surface area contributed by atoms with E-state index in [0.717, 1.165) is 0 Å². The van der Waals surface area contributed by atoms with Crippen molar-refractivity contribution in [1.29, 1.82) is 0 Å². The normalized spacial score (nSPS) is 21.6. The standard InChI is InChI=1S/C9H11N3O2/c13-5-7-1-9(14)12(4-7)8-2-10-6-11-3-8/h2-3,6-7,13H,1,4-5H2. The fourth-order valence-electron chi connectivity index (χ4n) is 1.58. The second-order valence-corrected chi connectivity index (χ2v) is 3.35. The van der Waals surface area contributed by atoms with Crippen molar-refractivity contribution in [3.63, 3.8) is 0 Å². The molecule has 2 rings (SSSR count). The summed E-state index contributed by atoms with van der Waals surface area (Å²) >= 11 is 0. The van der Waals surface area contributed by atoms with E-state index in [0.29, 0.717) is 18.7 Å². The second-order valence-electron chi connectivity index (χ2n) is 3.35. The van der Waals surface area contributed by atoms with E-state index in [9.17, 15) is 4.79 Å². The SMILES string of the molecule is O=C1CC(CO)CN1c1cncnc1. The largest absolute Gasteiger partial charge is 0.396 e. The lowest BCUT2D eigenvalue weighted by Gasteiger charge is -2.14. The van der Waals surface area contributed by atoms with Crippen molar-refractivity contribution in [1.82, 2.24) is 9.97 Å². The fourth-order valence-corrected chi connectivity index (χ4v) is 1.58. The summed E-state index contributed by atoms with van der Waals surface area (Å²) in [5, 5.41) is 8.94. The molecule has 0 saturated carbocycles. The van der Waals surface area contributed by atoms with Gasteiger partial charge in [-0.25, -0.2) is 9.97 Å². The predicted molar refractivity (Wildman–Crippen MR) is 49.6 cm³/mol. The number of amides is 1. The number of carbonyl (C=O) groups excluding carboxylic acids is 1. The van der Waals surface area contributed by atoms with Crippen LogP contribution in [0.4, 0.5) is 5.69 Å². The van der Waals surface area contributed by atoms with E-state index in [-0.39, 0.29) is 18.4 Å². The average molecular weight is 193 g/mol. The van der Waals surface area contributed by atoms with E-state index in [1.807, 2.05) is 0 Å². The average Bonchev–Trinajstić information content (AvgIpc) is 2.61. The zero-order valence-corrected chi connectivity index (χ0v) is 7.63. The first-order valence-corrected chi connectivity index (χ1v) is 4.47. The third-order valence-corrected chi connectivity index (χ3v) is 2.32. The van der Waals surface area contributed by atoms with Gasteiger partial charge in [0.1, 0.15) is 6.33 Å². The fraction of sp³-hybridized carbons (Fsp3) is 0.444. The Hall–Kier alpha value is -1.49. The predicted octanol–water partition coefficient (Wildman–Crippen LogP) is -0.178. The second kappa shape index (κ2) is 3.71. The maximum atomic E-state index is 11.5. The van der Waals surface area contributed by atoms with Crippen LogP contribution in [0.25, 0.3) is 0 Å². The molecule has 1 aliphatic rings. The molecule has 1 aromatic rings. The highest BCUT2D eigenvalue weighted by Crippen LogP contribution is 2.22. The van der Waals surface area contributed by atoms with Crippen molar-refractivity contribution in [3.05, 3.63) is 18.7 Å². The van der Waals surface area contributed by atoms with E-state index in [2.05, 4.69) is 9.97 Å². The molecular formula is C9H11N3O2. The molecule has 5 nitrogen and oxygen atoms in total. The third-order valence-electron chi connectivity index (χ3n) is 2.32. The lowest BCUT2D eigenvalue weighted by molar-refractivity contribution is -0.117. The Labute approximate surface area is 81.4 Å². The zero-order valence-electron chi connectivity index (χ0n) is 7.63. The van der Waals surface area contributed by atoms with Gasteiger partial charge in [0.15, 0.2) is 0 Å². The molecule has 2 heterocycles. The van der Waals surface area contributed by atoms with Gasteiger partial charge in [-0.3, -0.25) is 4.79 Å². The smallest absolute Gasteiger partial charge is 0.227 e. The van der Waals surface area contributed by atoms with Crippen molar-refractivity contribution in [3.8, 4) is 0 Å². The topological polar surface area (TPSA) is 66.3 Å². The molecule has 0 aromatic carbocycles. The highest BCUT2D eigenvalue weighted by Gasteiger charge is 2.30. The van der Waals surface area contributed by atoms with Crippen LogP contribution in [0.15, 0.2) is 18.7 Å². The number of anilines is 1. The Balaban J connectivity index is 2.17. The highest BCUT2D eigenvalue weighted by molar-refractivity contribution is 5.95. The minimum atomic E-state index is 0.0267. The molecule has 1 atom stereocenters. The molecule has 1 saturated heterocycles. The summed E-state index contributed by atoms with van der Waals surface area (Å²) in [5.41, 5.74) is 0.702. The molecule has 14 heavy (non-hydrogen) atoms. The van der Waals surface area contributed by atoms with Gasteiger partial charge < -0.3 is 10.0 Å². The number of aromatic nitrogens is 2. The van der Waals surface area contributed by atoms with Crippen LogP contribution in [0.5, 0.6) is 0 Å². The summed E-state index contributed by atoms with van der Waals surface area (Å²) in [6.07, 6.45) is 5.04. The Morgan fingerprint density at radius 2 is 2.21 bits per heavy atom. The van der Waals surface area contributed by atoms with Gasteiger partial charge in [0.25, 0.3) is 0 Å². The monoisotopic (exact) mass is 193 g/mol. The van der Waals surface area contributed by atoms with Crippen molar-refractivity contribution in [2.45, 2.75) is 6.42 Å². The first-order chi connectivity index (χ1) is 6.81. The molecule has 5 heteroatoms. The van der Waals surface area contributed by atoms with Crippen LogP contribution in [-0.4, -0.2) is 34.1 Å². The van der Waals surface area contributed by atoms with Crippen LogP contribution in [0.3, 0.4) is 0 Å². The van der Waals surface area contributed by atoms with Crippen molar-refractivity contribution in [2.24, 2.45) is 5.92 Å². The summed E-state index contributed by atoms with van der Waals surface area (Å²) in [4.78, 5) is 20.8. The quantitative estimate of drug-likeness (QED) is 0.707. The summed E-state index contributed by atoms with van der Waals surface area (Å²) in [6.45, 7) is 0.610. The van der Waals surface area contributed by atoms with Crippen LogP contribution in [0.1, 0.15) is 6.42 Å². The number of aliphatic hydroxyl groups is 1. The van der Waals surface area contributed by atoms with E-state index in [1.165, 1.54) is 6.33 Å². The molecule has 1 N–H and O–H groups in total. The third kappa shape index (κ3) is 1.58. The van der Waals surface area contributed by atoms with Crippen LogP contribution >= 0.6 is 0 Å². The van der Waals surface area contributed by atoms with Gasteiger partial charge in [-0.1, -0.05) is 0 Å². The van der Waals surface area contributed by atoms with Gasteiger partial charge in [-0.05, 0) is 0 Å². The molecular weight excluding hydrogens is 182 g/mol. The Kier molecular flexibility index (Phi) is 2.41. The van der Waals surface area contributed by atoms with Crippen LogP contribution in [-0.2, 0) is 4.79 Å². The molecule has 1 aliphatic heterocycles. The lowest BCUT2D eigenvalue weighted by Crippen LogP contribution is -2.25. The molecule has 0 bridgehead atoms. The molecule has 0 aliphatic carbocycles. The van der Waals surface area contributed by atoms with Gasteiger partial charge in [-0.15, -0.1) is 0 Å². The van der Waals surface area contributed by atoms with Gasteiger partial charge in [0.05, 0.1) is 18.1 Å². The van der Waals surface area contributed by atoms with Gasteiger partial charge in [-0.2, -0.15) is 0 Å². The Morgan fingerprint density at radius 1 is 1.50 bits per heavy atom. The number of rotatable bonds is 2. The maximum absolute atomic E-state index is 11.5. The minimum absolute atomic E-state index is 0.0267. The molecule has 1 unspecified atom stereocenters. The van der Waals surface area contributed by atoms with Gasteiger partial charge in [0, 0.05) is 25.5 Å². The van der Waals surface area contributed by atoms with Crippen molar-refractivity contribution in [2.75, 3.05) is 18.1 Å². The molecule has 1 fully saturated rings. The zero-order chi connectivity index (χ0) is 9.97. The lowest BCUT2D eigenvalue weighted by atomic mass is 10.1. The molecule has 0 radical (unpaired) electrons. The number of aliphatic hydroxyl groups excluding tert-OH is 1. The summed E-state index contributed by atoms with van der Waals surface area (Å²) in [6, 6.07) is 0. The first-order valence-electron chi connectivity index (χ1n) is 4.47. The molecule has 74 valence electrons. The van der Waals surface area contributed by atoms with Crippen molar-refractivity contribution >= 4 is 11.6 Å². The number of hydrogen-bond donors (Lipinski definition) is 1. The molecule has 1 aromatic heterocycles. The molecule has 0 spiro atoms. The maximum Gasteiger partial charge on any atom is 0.227 e. The Morgan fingerprint density at radius 3 is 2.79 bits per heavy atom. The van der Waals surface area contributed by atoms with Crippen LogP contribution < -0.4 is 4.90 Å². The van der Waals surface area contributed by atoms with Gasteiger partial charge in [0.2, 0.25) is 5.91 Å².